The number of hydrogen-bond donors (Lipinski definition) is 3. The Bertz CT molecular complexity index is 1050. The predicted molar refractivity (Wildman–Crippen MR) is 118 cm³/mol. The lowest BCUT2D eigenvalue weighted by molar-refractivity contribution is 0.0844. The summed E-state index contributed by atoms with van der Waals surface area (Å²) in [6, 6.07) is 22.0. The topological polar surface area (TPSA) is 96.5 Å². The number of hydrogen-bond acceptors (Lipinski definition) is 4. The number of carbonyl (C=O) groups excluding carboxylic acids is 3. The van der Waals surface area contributed by atoms with Crippen LogP contribution in [0, 0.1) is 0 Å². The summed E-state index contributed by atoms with van der Waals surface area (Å²) in [5.74, 6) is -0.753. The maximum absolute atomic E-state index is 12.4. The van der Waals surface area contributed by atoms with Crippen molar-refractivity contribution in [2.24, 2.45) is 0 Å². The molecule has 7 nitrogen and oxygen atoms in total. The van der Waals surface area contributed by atoms with Crippen LogP contribution in [0.3, 0.4) is 0 Å². The predicted octanol–water partition coefficient (Wildman–Crippen LogP) is 3.80. The lowest BCUT2D eigenvalue weighted by atomic mass is 10.1. The molecule has 158 valence electrons. The van der Waals surface area contributed by atoms with Crippen LogP contribution in [0.25, 0.3) is 0 Å². The lowest BCUT2D eigenvalue weighted by Gasteiger charge is -2.12. The van der Waals surface area contributed by atoms with Gasteiger partial charge in [0.25, 0.3) is 17.7 Å². The number of nitrogens with one attached hydrogen (secondary N) is 3. The van der Waals surface area contributed by atoms with E-state index in [1.165, 1.54) is 0 Å². The van der Waals surface area contributed by atoms with Crippen LogP contribution in [-0.2, 0) is 0 Å². The number of anilines is 1. The minimum atomic E-state index is -0.485. The quantitative estimate of drug-likeness (QED) is 0.510. The maximum atomic E-state index is 12.4. The molecule has 3 aromatic carbocycles. The Balaban J connectivity index is 1.56. The van der Waals surface area contributed by atoms with Gasteiger partial charge in [0.1, 0.15) is 5.75 Å². The second-order valence-electron chi connectivity index (χ2n) is 6.65. The number of para-hydroxylation sites is 1. The molecule has 7 heteroatoms. The van der Waals surface area contributed by atoms with Gasteiger partial charge in [0, 0.05) is 16.8 Å². The minimum absolute atomic E-state index is 0.242. The van der Waals surface area contributed by atoms with Crippen molar-refractivity contribution in [3.8, 4) is 5.75 Å². The first-order valence-corrected chi connectivity index (χ1v) is 9.87. The van der Waals surface area contributed by atoms with Gasteiger partial charge in [0.05, 0.1) is 12.2 Å². The van der Waals surface area contributed by atoms with Gasteiger partial charge in [0.15, 0.2) is 0 Å². The van der Waals surface area contributed by atoms with Crippen LogP contribution >= 0.6 is 0 Å². The highest BCUT2D eigenvalue weighted by Crippen LogP contribution is 2.18. The largest absolute Gasteiger partial charge is 0.493 e. The Hall–Kier alpha value is -4.13. The van der Waals surface area contributed by atoms with Gasteiger partial charge >= 0.3 is 0 Å². The molecule has 0 fully saturated rings. The third-order valence-corrected chi connectivity index (χ3v) is 4.32. The van der Waals surface area contributed by atoms with Crippen molar-refractivity contribution in [3.63, 3.8) is 0 Å². The first-order chi connectivity index (χ1) is 15.1. The number of amides is 3. The summed E-state index contributed by atoms with van der Waals surface area (Å²) >= 11 is 0. The summed E-state index contributed by atoms with van der Waals surface area (Å²) in [7, 11) is 0. The maximum Gasteiger partial charge on any atom is 0.273 e. The van der Waals surface area contributed by atoms with E-state index < -0.39 is 11.8 Å². The second-order valence-corrected chi connectivity index (χ2v) is 6.65. The summed E-state index contributed by atoms with van der Waals surface area (Å²) < 4.78 is 5.57. The van der Waals surface area contributed by atoms with Gasteiger partial charge in [-0.15, -0.1) is 0 Å². The minimum Gasteiger partial charge on any atom is -0.493 e. The Morgan fingerprint density at radius 3 is 2.03 bits per heavy atom. The van der Waals surface area contributed by atoms with Crippen molar-refractivity contribution in [2.45, 2.75) is 13.3 Å². The van der Waals surface area contributed by atoms with Crippen molar-refractivity contribution in [1.29, 1.82) is 0 Å². The molecule has 0 radical (unpaired) electrons. The molecule has 0 aromatic heterocycles. The molecule has 0 aliphatic carbocycles. The number of hydrazine groups is 1. The molecule has 0 atom stereocenters. The summed E-state index contributed by atoms with van der Waals surface area (Å²) in [5, 5.41) is 2.76. The fourth-order valence-electron chi connectivity index (χ4n) is 2.74. The van der Waals surface area contributed by atoms with E-state index in [1.54, 1.807) is 72.8 Å². The fraction of sp³-hybridized carbons (Fsp3) is 0.125. The molecule has 0 saturated carbocycles. The molecule has 0 aliphatic heterocycles. The van der Waals surface area contributed by atoms with E-state index in [4.69, 9.17) is 4.74 Å². The Morgan fingerprint density at radius 2 is 1.32 bits per heavy atom. The van der Waals surface area contributed by atoms with Crippen LogP contribution in [0.1, 0.15) is 44.4 Å². The average molecular weight is 417 g/mol. The van der Waals surface area contributed by atoms with E-state index in [9.17, 15) is 14.4 Å². The van der Waals surface area contributed by atoms with E-state index >= 15 is 0 Å². The van der Waals surface area contributed by atoms with Crippen LogP contribution in [0.5, 0.6) is 5.75 Å². The number of ether oxygens (including phenoxy) is 1. The fourth-order valence-corrected chi connectivity index (χ4v) is 2.74. The van der Waals surface area contributed by atoms with Crippen LogP contribution < -0.4 is 20.9 Å². The molecule has 3 amide bonds. The molecule has 3 rings (SSSR count). The number of rotatable bonds is 7. The Morgan fingerprint density at radius 1 is 0.710 bits per heavy atom. The van der Waals surface area contributed by atoms with E-state index in [-0.39, 0.29) is 5.91 Å². The highest BCUT2D eigenvalue weighted by molar-refractivity contribution is 6.04. The van der Waals surface area contributed by atoms with Crippen molar-refractivity contribution in [3.05, 3.63) is 95.6 Å². The molecule has 0 unspecified atom stereocenters. The monoisotopic (exact) mass is 417 g/mol. The van der Waals surface area contributed by atoms with Crippen molar-refractivity contribution >= 4 is 23.4 Å². The van der Waals surface area contributed by atoms with Crippen molar-refractivity contribution < 1.29 is 19.1 Å². The van der Waals surface area contributed by atoms with Crippen molar-refractivity contribution in [1.82, 2.24) is 10.9 Å². The molecule has 0 heterocycles. The smallest absolute Gasteiger partial charge is 0.273 e. The van der Waals surface area contributed by atoms with Gasteiger partial charge in [-0.05, 0) is 55.0 Å². The molecule has 0 spiro atoms. The lowest BCUT2D eigenvalue weighted by Crippen LogP contribution is -2.41. The standard InChI is InChI=1S/C24H23N3O4/c1-2-16-31-21-11-7-6-10-20(21)24(30)27-26-23(29)18-12-14-19(15-13-18)25-22(28)17-8-4-3-5-9-17/h3-15H,2,16H2,1H3,(H,25,28)(H,26,29)(H,27,30). The second kappa shape index (κ2) is 10.6. The molecule has 3 N–H and O–H groups in total. The SMILES string of the molecule is CCCOc1ccccc1C(=O)NNC(=O)c1ccc(NC(=O)c2ccccc2)cc1. The van der Waals surface area contributed by atoms with E-state index in [1.807, 2.05) is 13.0 Å². The van der Waals surface area contributed by atoms with E-state index in [2.05, 4.69) is 16.2 Å². The molecule has 0 aliphatic rings. The summed E-state index contributed by atoms with van der Waals surface area (Å²) in [6.07, 6.45) is 0.814. The Labute approximate surface area is 180 Å². The first kappa shape index (κ1) is 21.6. The van der Waals surface area contributed by atoms with Gasteiger partial charge in [-0.25, -0.2) is 0 Å². The number of carbonyl (C=O) groups is 3. The zero-order chi connectivity index (χ0) is 22.1. The van der Waals surface area contributed by atoms with Crippen LogP contribution in [0.15, 0.2) is 78.9 Å². The van der Waals surface area contributed by atoms with Gasteiger partial charge in [-0.3, -0.25) is 25.2 Å². The molecule has 0 saturated heterocycles. The number of benzene rings is 3. The first-order valence-electron chi connectivity index (χ1n) is 9.87. The van der Waals surface area contributed by atoms with E-state index in [0.29, 0.717) is 34.7 Å². The van der Waals surface area contributed by atoms with Crippen molar-refractivity contribution in [2.75, 3.05) is 11.9 Å². The molecular weight excluding hydrogens is 394 g/mol. The Kier molecular flexibility index (Phi) is 7.37. The normalized spacial score (nSPS) is 10.1. The zero-order valence-corrected chi connectivity index (χ0v) is 17.1. The zero-order valence-electron chi connectivity index (χ0n) is 17.1. The van der Waals surface area contributed by atoms with Gasteiger partial charge in [0.2, 0.25) is 0 Å². The van der Waals surface area contributed by atoms with Crippen LogP contribution in [0.4, 0.5) is 5.69 Å². The van der Waals surface area contributed by atoms with Crippen LogP contribution in [0.2, 0.25) is 0 Å². The highest BCUT2D eigenvalue weighted by atomic mass is 16.5. The molecular formula is C24H23N3O4. The van der Waals surface area contributed by atoms with Crippen LogP contribution in [-0.4, -0.2) is 24.3 Å². The molecule has 31 heavy (non-hydrogen) atoms. The van der Waals surface area contributed by atoms with Gasteiger partial charge in [-0.1, -0.05) is 37.3 Å². The third kappa shape index (κ3) is 5.93. The molecule has 0 bridgehead atoms. The third-order valence-electron chi connectivity index (χ3n) is 4.32. The van der Waals surface area contributed by atoms with Gasteiger partial charge < -0.3 is 10.1 Å². The molecule has 3 aromatic rings. The summed E-state index contributed by atoms with van der Waals surface area (Å²) in [6.45, 7) is 2.46. The summed E-state index contributed by atoms with van der Waals surface area (Å²) in [4.78, 5) is 37.0. The van der Waals surface area contributed by atoms with E-state index in [0.717, 1.165) is 6.42 Å². The highest BCUT2D eigenvalue weighted by Gasteiger charge is 2.14. The van der Waals surface area contributed by atoms with Gasteiger partial charge in [-0.2, -0.15) is 0 Å². The summed E-state index contributed by atoms with van der Waals surface area (Å²) in [5.41, 5.74) is 6.53. The average Bonchev–Trinajstić information content (AvgIpc) is 2.82.